The summed E-state index contributed by atoms with van der Waals surface area (Å²) in [6.07, 6.45) is 2.69. The Balaban J connectivity index is 2.19. The molecule has 1 saturated carbocycles. The second-order valence-corrected chi connectivity index (χ2v) is 5.73. The monoisotopic (exact) mass is 262 g/mol. The first kappa shape index (κ1) is 13.9. The van der Waals surface area contributed by atoms with Gasteiger partial charge in [0, 0.05) is 0 Å². The third-order valence-electron chi connectivity index (χ3n) is 3.58. The number of rotatable bonds is 6. The van der Waals surface area contributed by atoms with Crippen LogP contribution in [0.4, 0.5) is 0 Å². The average Bonchev–Trinajstić information content (AvgIpc) is 3.12. The average molecular weight is 262 g/mol. The van der Waals surface area contributed by atoms with Crippen LogP contribution in [0.5, 0.6) is 5.75 Å². The lowest BCUT2D eigenvalue weighted by atomic mass is 9.90. The van der Waals surface area contributed by atoms with E-state index < -0.39 is 5.97 Å². The van der Waals surface area contributed by atoms with E-state index >= 15 is 0 Å². The van der Waals surface area contributed by atoms with Gasteiger partial charge in [0.25, 0.3) is 0 Å². The van der Waals surface area contributed by atoms with Crippen LogP contribution in [0.1, 0.15) is 50.2 Å². The van der Waals surface area contributed by atoms with Gasteiger partial charge >= 0.3 is 5.97 Å². The van der Waals surface area contributed by atoms with Gasteiger partial charge in [-0.25, -0.2) is 0 Å². The zero-order valence-electron chi connectivity index (χ0n) is 11.8. The third-order valence-corrected chi connectivity index (χ3v) is 3.58. The van der Waals surface area contributed by atoms with Gasteiger partial charge in [0.15, 0.2) is 0 Å². The van der Waals surface area contributed by atoms with Crippen LogP contribution in [0.3, 0.4) is 0 Å². The summed E-state index contributed by atoms with van der Waals surface area (Å²) in [5.74, 6) is 0.886. The Bertz CT molecular complexity index is 461. The number of benzene rings is 1. The Labute approximate surface area is 114 Å². The Morgan fingerprint density at radius 3 is 2.58 bits per heavy atom. The molecule has 0 amide bonds. The lowest BCUT2D eigenvalue weighted by molar-refractivity contribution is -0.137. The molecule has 1 N–H and O–H groups in total. The summed E-state index contributed by atoms with van der Waals surface area (Å²) < 4.78 is 5.72. The van der Waals surface area contributed by atoms with Gasteiger partial charge in [0.1, 0.15) is 5.75 Å². The van der Waals surface area contributed by atoms with Crippen molar-refractivity contribution in [1.29, 1.82) is 0 Å². The highest BCUT2D eigenvalue weighted by Gasteiger charge is 2.33. The van der Waals surface area contributed by atoms with Crippen molar-refractivity contribution in [2.24, 2.45) is 5.92 Å². The fourth-order valence-corrected chi connectivity index (χ4v) is 2.53. The normalized spacial score (nSPS) is 16.4. The number of hydrogen-bond donors (Lipinski definition) is 1. The molecule has 19 heavy (non-hydrogen) atoms. The van der Waals surface area contributed by atoms with Gasteiger partial charge in [-0.3, -0.25) is 4.79 Å². The summed E-state index contributed by atoms with van der Waals surface area (Å²) in [6.45, 7) is 6.03. The van der Waals surface area contributed by atoms with Gasteiger partial charge in [-0.2, -0.15) is 0 Å². The van der Waals surface area contributed by atoms with Crippen LogP contribution < -0.4 is 4.74 Å². The van der Waals surface area contributed by atoms with Crippen LogP contribution in [0.15, 0.2) is 18.2 Å². The summed E-state index contributed by atoms with van der Waals surface area (Å²) in [7, 11) is 0. The van der Waals surface area contributed by atoms with Crippen molar-refractivity contribution in [3.05, 3.63) is 29.3 Å². The van der Waals surface area contributed by atoms with Gasteiger partial charge in [0.05, 0.1) is 12.5 Å². The molecule has 0 aliphatic heterocycles. The molecule has 0 saturated heterocycles. The maximum atomic E-state index is 11.0. The molecule has 0 radical (unpaired) electrons. The summed E-state index contributed by atoms with van der Waals surface area (Å²) in [5, 5.41) is 9.04. The molecular formula is C16H22O3. The Kier molecular flexibility index (Phi) is 4.13. The first-order chi connectivity index (χ1) is 8.97. The standard InChI is InChI=1S/C16H22O3/c1-10(2)19-15-7-6-13(8-11(15)3)14(9-16(17)18)12-4-5-12/h6-8,10,12,14H,4-5,9H2,1-3H3,(H,17,18). The number of ether oxygens (including phenoxy) is 1. The van der Waals surface area contributed by atoms with Crippen LogP contribution in [0, 0.1) is 12.8 Å². The Morgan fingerprint density at radius 1 is 1.42 bits per heavy atom. The fraction of sp³-hybridized carbons (Fsp3) is 0.562. The molecular weight excluding hydrogens is 240 g/mol. The zero-order chi connectivity index (χ0) is 14.0. The highest BCUT2D eigenvalue weighted by molar-refractivity contribution is 5.68. The fourth-order valence-electron chi connectivity index (χ4n) is 2.53. The molecule has 0 aromatic heterocycles. The van der Waals surface area contributed by atoms with Gasteiger partial charge in [-0.1, -0.05) is 12.1 Å². The molecule has 1 aliphatic rings. The van der Waals surface area contributed by atoms with Crippen LogP contribution in [-0.2, 0) is 4.79 Å². The number of carboxylic acids is 1. The smallest absolute Gasteiger partial charge is 0.303 e. The topological polar surface area (TPSA) is 46.5 Å². The lowest BCUT2D eigenvalue weighted by Gasteiger charge is -2.18. The molecule has 1 atom stereocenters. The van der Waals surface area contributed by atoms with Gasteiger partial charge in [0.2, 0.25) is 0 Å². The predicted octanol–water partition coefficient (Wildman–Crippen LogP) is 3.75. The van der Waals surface area contributed by atoms with Crippen LogP contribution in [0.25, 0.3) is 0 Å². The minimum Gasteiger partial charge on any atom is -0.491 e. The summed E-state index contributed by atoms with van der Waals surface area (Å²) in [5.41, 5.74) is 2.22. The highest BCUT2D eigenvalue weighted by atomic mass is 16.5. The molecule has 1 unspecified atom stereocenters. The Hall–Kier alpha value is -1.51. The van der Waals surface area contributed by atoms with E-state index in [4.69, 9.17) is 9.84 Å². The van der Waals surface area contributed by atoms with E-state index in [1.165, 1.54) is 0 Å². The molecule has 104 valence electrons. The minimum atomic E-state index is -0.711. The minimum absolute atomic E-state index is 0.155. The zero-order valence-corrected chi connectivity index (χ0v) is 11.8. The maximum Gasteiger partial charge on any atom is 0.303 e. The van der Waals surface area contributed by atoms with Gasteiger partial charge < -0.3 is 9.84 Å². The van der Waals surface area contributed by atoms with Crippen LogP contribution in [0.2, 0.25) is 0 Å². The van der Waals surface area contributed by atoms with E-state index in [2.05, 4.69) is 6.07 Å². The summed E-state index contributed by atoms with van der Waals surface area (Å²) in [6, 6.07) is 6.09. The number of aryl methyl sites for hydroxylation is 1. The van der Waals surface area contributed by atoms with Crippen molar-refractivity contribution in [2.45, 2.75) is 52.1 Å². The van der Waals surface area contributed by atoms with Crippen LogP contribution in [-0.4, -0.2) is 17.2 Å². The number of hydrogen-bond acceptors (Lipinski definition) is 2. The second kappa shape index (κ2) is 5.64. The van der Waals surface area contributed by atoms with E-state index in [1.807, 2.05) is 32.9 Å². The van der Waals surface area contributed by atoms with Gasteiger partial charge in [-0.05, 0) is 62.6 Å². The van der Waals surface area contributed by atoms with E-state index in [9.17, 15) is 4.79 Å². The molecule has 0 heterocycles. The van der Waals surface area contributed by atoms with Crippen molar-refractivity contribution in [3.8, 4) is 5.75 Å². The highest BCUT2D eigenvalue weighted by Crippen LogP contribution is 2.45. The van der Waals surface area contributed by atoms with E-state index in [0.29, 0.717) is 5.92 Å². The summed E-state index contributed by atoms with van der Waals surface area (Å²) in [4.78, 5) is 11.0. The van der Waals surface area contributed by atoms with E-state index in [0.717, 1.165) is 29.7 Å². The van der Waals surface area contributed by atoms with Crippen LogP contribution >= 0.6 is 0 Å². The van der Waals surface area contributed by atoms with Crippen molar-refractivity contribution in [1.82, 2.24) is 0 Å². The number of carboxylic acid groups (broad SMARTS) is 1. The Morgan fingerprint density at radius 2 is 2.11 bits per heavy atom. The van der Waals surface area contributed by atoms with Gasteiger partial charge in [-0.15, -0.1) is 0 Å². The molecule has 2 rings (SSSR count). The maximum absolute atomic E-state index is 11.0. The molecule has 0 spiro atoms. The van der Waals surface area contributed by atoms with Crippen molar-refractivity contribution < 1.29 is 14.6 Å². The third kappa shape index (κ3) is 3.72. The lowest BCUT2D eigenvalue weighted by Crippen LogP contribution is -2.10. The quantitative estimate of drug-likeness (QED) is 0.849. The molecule has 3 nitrogen and oxygen atoms in total. The molecule has 0 bridgehead atoms. The molecule has 1 aromatic carbocycles. The second-order valence-electron chi connectivity index (χ2n) is 5.73. The molecule has 1 fully saturated rings. The van der Waals surface area contributed by atoms with Crippen molar-refractivity contribution >= 4 is 5.97 Å². The van der Waals surface area contributed by atoms with E-state index in [-0.39, 0.29) is 18.4 Å². The largest absolute Gasteiger partial charge is 0.491 e. The predicted molar refractivity (Wildman–Crippen MR) is 74.7 cm³/mol. The molecule has 3 heteroatoms. The first-order valence-corrected chi connectivity index (χ1v) is 6.96. The molecule has 1 aliphatic carbocycles. The summed E-state index contributed by atoms with van der Waals surface area (Å²) >= 11 is 0. The first-order valence-electron chi connectivity index (χ1n) is 6.96. The number of aliphatic carboxylic acids is 1. The van der Waals surface area contributed by atoms with Crippen molar-refractivity contribution in [2.75, 3.05) is 0 Å². The molecule has 1 aromatic rings. The number of carbonyl (C=O) groups is 1. The van der Waals surface area contributed by atoms with E-state index in [1.54, 1.807) is 0 Å². The SMILES string of the molecule is Cc1cc(C(CC(=O)O)C2CC2)ccc1OC(C)C. The van der Waals surface area contributed by atoms with Crippen molar-refractivity contribution in [3.63, 3.8) is 0 Å².